The number of hydrogen-bond acceptors (Lipinski definition) is 6. The Hall–Kier alpha value is -3.92. The third-order valence-corrected chi connectivity index (χ3v) is 8.50. The molecule has 242 valence electrons. The topological polar surface area (TPSA) is 106 Å². The van der Waals surface area contributed by atoms with Gasteiger partial charge in [0.2, 0.25) is 11.8 Å². The fourth-order valence-corrected chi connectivity index (χ4v) is 6.43. The zero-order valence-corrected chi connectivity index (χ0v) is 27.1. The van der Waals surface area contributed by atoms with Gasteiger partial charge in [-0.3, -0.25) is 9.59 Å². The summed E-state index contributed by atoms with van der Waals surface area (Å²) >= 11 is 0. The number of rotatable bonds is 11. The maximum absolute atomic E-state index is 13.8. The third-order valence-electron chi connectivity index (χ3n) is 8.50. The molecule has 3 aromatic rings. The number of aryl methyl sites for hydroxylation is 1. The number of para-hydroxylation sites is 2. The summed E-state index contributed by atoms with van der Waals surface area (Å²) in [5, 5.41) is 2.97. The second-order valence-corrected chi connectivity index (χ2v) is 13.2. The first kappa shape index (κ1) is 32.5. The van der Waals surface area contributed by atoms with Gasteiger partial charge in [0, 0.05) is 70.4 Å². The van der Waals surface area contributed by atoms with Crippen LogP contribution in [0.3, 0.4) is 0 Å². The Bertz CT molecular complexity index is 1480. The van der Waals surface area contributed by atoms with E-state index in [0.717, 1.165) is 66.9 Å². The standard InChI is InChI=1S/C35H47N5O5/c1-35(2,3)45-34(43)36-27(22-25-14-16-28(17-15-25)39-19-8-13-31(39)41)23-32(42)38-18-7-10-26(24-38)33-37-29-11-5-6-12-30(29)40(33)20-9-21-44-4/h5-6,11-12,14-17,26-27H,7-10,13,18-24H2,1-4H3,(H,36,43)/t26-,27-/m1/s1. The minimum atomic E-state index is -0.655. The third kappa shape index (κ3) is 8.42. The van der Waals surface area contributed by atoms with Crippen molar-refractivity contribution in [2.24, 2.45) is 0 Å². The predicted molar refractivity (Wildman–Crippen MR) is 174 cm³/mol. The van der Waals surface area contributed by atoms with E-state index in [4.69, 9.17) is 14.5 Å². The summed E-state index contributed by atoms with van der Waals surface area (Å²) in [4.78, 5) is 47.6. The number of piperidine rings is 1. The molecule has 0 bridgehead atoms. The molecular formula is C35H47N5O5. The van der Waals surface area contributed by atoms with E-state index in [2.05, 4.69) is 16.0 Å². The van der Waals surface area contributed by atoms with Crippen LogP contribution in [0.15, 0.2) is 48.5 Å². The number of anilines is 1. The highest BCUT2D eigenvalue weighted by Gasteiger charge is 2.31. The minimum absolute atomic E-state index is 0.00193. The van der Waals surface area contributed by atoms with Crippen molar-refractivity contribution in [2.75, 3.05) is 38.3 Å². The Morgan fingerprint density at radius 2 is 1.84 bits per heavy atom. The van der Waals surface area contributed by atoms with E-state index < -0.39 is 17.7 Å². The fourth-order valence-electron chi connectivity index (χ4n) is 6.43. The summed E-state index contributed by atoms with van der Waals surface area (Å²) in [6.07, 6.45) is 4.26. The first-order valence-corrected chi connectivity index (χ1v) is 16.2. The number of aromatic nitrogens is 2. The molecule has 3 amide bonds. The van der Waals surface area contributed by atoms with Crippen molar-refractivity contribution in [3.63, 3.8) is 0 Å². The number of fused-ring (bicyclic) bond motifs is 1. The number of ether oxygens (including phenoxy) is 2. The number of carbonyl (C=O) groups is 3. The van der Waals surface area contributed by atoms with Gasteiger partial charge >= 0.3 is 6.09 Å². The molecule has 2 fully saturated rings. The molecule has 0 saturated carbocycles. The number of benzene rings is 2. The summed E-state index contributed by atoms with van der Waals surface area (Å²) in [7, 11) is 1.72. The molecule has 3 heterocycles. The van der Waals surface area contributed by atoms with E-state index in [0.29, 0.717) is 32.5 Å². The van der Waals surface area contributed by atoms with Crippen molar-refractivity contribution < 1.29 is 23.9 Å². The van der Waals surface area contributed by atoms with Gasteiger partial charge in [-0.15, -0.1) is 0 Å². The Kier molecular flexibility index (Phi) is 10.4. The van der Waals surface area contributed by atoms with Gasteiger partial charge in [-0.25, -0.2) is 9.78 Å². The molecule has 10 heteroatoms. The van der Waals surface area contributed by atoms with E-state index in [1.54, 1.807) is 7.11 Å². The maximum Gasteiger partial charge on any atom is 0.407 e. The number of alkyl carbamates (subject to hydrolysis) is 1. The van der Waals surface area contributed by atoms with Crippen LogP contribution in [0, 0.1) is 0 Å². The molecule has 1 aromatic heterocycles. The van der Waals surface area contributed by atoms with Gasteiger partial charge in [0.15, 0.2) is 0 Å². The molecule has 45 heavy (non-hydrogen) atoms. The zero-order chi connectivity index (χ0) is 32.0. The van der Waals surface area contributed by atoms with Crippen molar-refractivity contribution in [1.82, 2.24) is 19.8 Å². The second kappa shape index (κ2) is 14.5. The lowest BCUT2D eigenvalue weighted by molar-refractivity contribution is -0.133. The van der Waals surface area contributed by atoms with E-state index in [-0.39, 0.29) is 24.2 Å². The van der Waals surface area contributed by atoms with E-state index in [1.165, 1.54) is 0 Å². The van der Waals surface area contributed by atoms with Crippen LogP contribution in [0.25, 0.3) is 11.0 Å². The van der Waals surface area contributed by atoms with Crippen LogP contribution in [0.4, 0.5) is 10.5 Å². The first-order chi connectivity index (χ1) is 21.6. The minimum Gasteiger partial charge on any atom is -0.444 e. The van der Waals surface area contributed by atoms with Crippen LogP contribution >= 0.6 is 0 Å². The molecule has 0 aliphatic carbocycles. The number of methoxy groups -OCH3 is 1. The van der Waals surface area contributed by atoms with E-state index >= 15 is 0 Å². The predicted octanol–water partition coefficient (Wildman–Crippen LogP) is 5.43. The van der Waals surface area contributed by atoms with Crippen LogP contribution in [-0.2, 0) is 32.0 Å². The molecule has 1 N–H and O–H groups in total. The van der Waals surface area contributed by atoms with Crippen molar-refractivity contribution in [3.05, 3.63) is 59.9 Å². The summed E-state index contributed by atoms with van der Waals surface area (Å²) in [6.45, 7) is 8.94. The molecule has 2 aromatic carbocycles. The highest BCUT2D eigenvalue weighted by atomic mass is 16.6. The quantitative estimate of drug-likeness (QED) is 0.288. The lowest BCUT2D eigenvalue weighted by Gasteiger charge is -2.34. The Labute approximate surface area is 266 Å². The molecular weight excluding hydrogens is 570 g/mol. The Morgan fingerprint density at radius 1 is 1.07 bits per heavy atom. The Balaban J connectivity index is 1.29. The number of carbonyl (C=O) groups excluding carboxylic acids is 3. The van der Waals surface area contributed by atoms with Crippen LogP contribution < -0.4 is 10.2 Å². The number of nitrogens with one attached hydrogen (secondary N) is 1. The van der Waals surface area contributed by atoms with Crippen LogP contribution in [0.5, 0.6) is 0 Å². The zero-order valence-electron chi connectivity index (χ0n) is 27.1. The maximum atomic E-state index is 13.8. The van der Waals surface area contributed by atoms with Gasteiger partial charge in [-0.1, -0.05) is 24.3 Å². The highest BCUT2D eigenvalue weighted by molar-refractivity contribution is 5.95. The molecule has 0 spiro atoms. The molecule has 2 aliphatic heterocycles. The fraction of sp³-hybridized carbons (Fsp3) is 0.543. The second-order valence-electron chi connectivity index (χ2n) is 13.2. The van der Waals surface area contributed by atoms with Crippen LogP contribution in [0.2, 0.25) is 0 Å². The average Bonchev–Trinajstić information content (AvgIpc) is 3.60. The van der Waals surface area contributed by atoms with Gasteiger partial charge in [-0.05, 0) is 82.7 Å². The lowest BCUT2D eigenvalue weighted by atomic mass is 9.95. The number of nitrogens with zero attached hydrogens (tertiary/aromatic N) is 4. The van der Waals surface area contributed by atoms with Gasteiger partial charge in [0.1, 0.15) is 11.4 Å². The van der Waals surface area contributed by atoms with Gasteiger partial charge in [0.25, 0.3) is 0 Å². The smallest absolute Gasteiger partial charge is 0.407 e. The molecule has 5 rings (SSSR count). The summed E-state index contributed by atoms with van der Waals surface area (Å²) in [5.74, 6) is 1.28. The first-order valence-electron chi connectivity index (χ1n) is 16.2. The lowest BCUT2D eigenvalue weighted by Crippen LogP contribution is -2.46. The molecule has 10 nitrogen and oxygen atoms in total. The summed E-state index contributed by atoms with van der Waals surface area (Å²) < 4.78 is 13.2. The summed E-state index contributed by atoms with van der Waals surface area (Å²) in [6, 6.07) is 15.6. The van der Waals surface area contributed by atoms with Gasteiger partial charge in [-0.2, -0.15) is 0 Å². The molecule has 2 saturated heterocycles. The van der Waals surface area contributed by atoms with Crippen LogP contribution in [0.1, 0.15) is 76.6 Å². The SMILES string of the molecule is COCCCn1c([C@@H]2CCCN(C(=O)C[C@@H](Cc3ccc(N4CCCC4=O)cc3)NC(=O)OC(C)(C)C)C2)nc2ccccc21. The highest BCUT2D eigenvalue weighted by Crippen LogP contribution is 2.30. The number of likely N-dealkylation sites (tertiary alicyclic amines) is 1. The largest absolute Gasteiger partial charge is 0.444 e. The average molecular weight is 618 g/mol. The number of hydrogen-bond donors (Lipinski definition) is 1. The molecule has 2 atom stereocenters. The van der Waals surface area contributed by atoms with Gasteiger partial charge < -0.3 is 29.2 Å². The molecule has 0 radical (unpaired) electrons. The van der Waals surface area contributed by atoms with Gasteiger partial charge in [0.05, 0.1) is 11.0 Å². The van der Waals surface area contributed by atoms with E-state index in [9.17, 15) is 14.4 Å². The number of imidazole rings is 1. The van der Waals surface area contributed by atoms with Crippen molar-refractivity contribution in [1.29, 1.82) is 0 Å². The van der Waals surface area contributed by atoms with Crippen molar-refractivity contribution >= 4 is 34.6 Å². The monoisotopic (exact) mass is 617 g/mol. The normalized spacial score (nSPS) is 18.0. The molecule has 0 unspecified atom stereocenters. The molecule has 2 aliphatic rings. The van der Waals surface area contributed by atoms with Crippen LogP contribution in [-0.4, -0.2) is 77.4 Å². The van der Waals surface area contributed by atoms with Crippen molar-refractivity contribution in [3.8, 4) is 0 Å². The number of amides is 3. The summed E-state index contributed by atoms with van der Waals surface area (Å²) in [5.41, 5.74) is 3.27. The van der Waals surface area contributed by atoms with Crippen molar-refractivity contribution in [2.45, 2.75) is 89.8 Å². The Morgan fingerprint density at radius 3 is 2.56 bits per heavy atom. The van der Waals surface area contributed by atoms with E-state index in [1.807, 2.05) is 73.0 Å².